The highest BCUT2D eigenvalue weighted by atomic mass is 16.1. The number of aromatic nitrogens is 5. The van der Waals surface area contributed by atoms with E-state index < -0.39 is 0 Å². The van der Waals surface area contributed by atoms with E-state index in [0.29, 0.717) is 11.5 Å². The predicted octanol–water partition coefficient (Wildman–Crippen LogP) is 4.05. The van der Waals surface area contributed by atoms with Crippen molar-refractivity contribution in [2.75, 3.05) is 5.32 Å². The first-order chi connectivity index (χ1) is 12.9. The average Bonchev–Trinajstić information content (AvgIpc) is 3.29. The molecule has 1 aliphatic rings. The smallest absolute Gasteiger partial charge is 0.257 e. The zero-order chi connectivity index (χ0) is 19.3. The van der Waals surface area contributed by atoms with Crippen molar-refractivity contribution >= 4 is 22.8 Å². The van der Waals surface area contributed by atoms with Crippen molar-refractivity contribution in [3.05, 3.63) is 35.3 Å². The van der Waals surface area contributed by atoms with Gasteiger partial charge in [0.2, 0.25) is 0 Å². The maximum atomic E-state index is 13.2. The number of nitrogens with one attached hydrogen (secondary N) is 1. The molecule has 0 bridgehead atoms. The van der Waals surface area contributed by atoms with Crippen LogP contribution in [-0.2, 0) is 0 Å². The van der Waals surface area contributed by atoms with Crippen LogP contribution in [-0.4, -0.2) is 30.5 Å². The maximum Gasteiger partial charge on any atom is 0.257 e. The molecule has 0 spiro atoms. The topological polar surface area (TPSA) is 77.6 Å². The number of carbonyl (C=O) groups is 1. The van der Waals surface area contributed by atoms with Crippen molar-refractivity contribution in [1.82, 2.24) is 24.5 Å². The molecule has 1 amide bonds. The Morgan fingerprint density at radius 3 is 2.52 bits per heavy atom. The minimum Gasteiger partial charge on any atom is -0.307 e. The van der Waals surface area contributed by atoms with Gasteiger partial charge in [-0.1, -0.05) is 0 Å². The van der Waals surface area contributed by atoms with Crippen molar-refractivity contribution in [3.8, 4) is 0 Å². The van der Waals surface area contributed by atoms with Gasteiger partial charge in [0, 0.05) is 17.3 Å². The molecule has 27 heavy (non-hydrogen) atoms. The normalized spacial score (nSPS) is 15.5. The van der Waals surface area contributed by atoms with Crippen molar-refractivity contribution in [1.29, 1.82) is 0 Å². The summed E-state index contributed by atoms with van der Waals surface area (Å²) in [5.74, 6) is 1.28. The highest BCUT2D eigenvalue weighted by Crippen LogP contribution is 2.40. The molecule has 3 heterocycles. The molecule has 1 aliphatic carbocycles. The Bertz CT molecular complexity index is 1010. The van der Waals surface area contributed by atoms with E-state index in [1.54, 1.807) is 6.20 Å². The third-order valence-corrected chi connectivity index (χ3v) is 5.33. The van der Waals surface area contributed by atoms with Crippen LogP contribution in [0.3, 0.4) is 0 Å². The molecule has 0 aromatic carbocycles. The molecule has 0 saturated heterocycles. The summed E-state index contributed by atoms with van der Waals surface area (Å²) < 4.78 is 3.80. The molecule has 0 radical (unpaired) electrons. The van der Waals surface area contributed by atoms with Crippen molar-refractivity contribution < 1.29 is 4.79 Å². The number of carbonyl (C=O) groups excluding carboxylic acids is 1. The van der Waals surface area contributed by atoms with Gasteiger partial charge in [-0.3, -0.25) is 4.79 Å². The summed E-state index contributed by atoms with van der Waals surface area (Å²) in [6.45, 7) is 10.2. The van der Waals surface area contributed by atoms with Crippen LogP contribution in [0.25, 0.3) is 11.0 Å². The zero-order valence-corrected chi connectivity index (χ0v) is 16.5. The SMILES string of the molecule is Cc1cc(C(=O)Nc2c(C)cnn2[C@@H](C)C2CC2)c2cnn(C(C)C)c2n1. The third-order valence-electron chi connectivity index (χ3n) is 5.33. The molecule has 4 rings (SSSR count). The second-order valence-electron chi connectivity index (χ2n) is 7.88. The van der Waals surface area contributed by atoms with E-state index in [4.69, 9.17) is 0 Å². The van der Waals surface area contributed by atoms with Gasteiger partial charge in [-0.05, 0) is 59.4 Å². The van der Waals surface area contributed by atoms with Crippen LogP contribution in [0.4, 0.5) is 5.82 Å². The Labute approximate surface area is 158 Å². The van der Waals surface area contributed by atoms with Crippen LogP contribution in [0.15, 0.2) is 18.5 Å². The largest absolute Gasteiger partial charge is 0.307 e. The maximum absolute atomic E-state index is 13.2. The third kappa shape index (κ3) is 3.11. The van der Waals surface area contributed by atoms with E-state index in [-0.39, 0.29) is 18.0 Å². The van der Waals surface area contributed by atoms with Gasteiger partial charge in [-0.2, -0.15) is 10.2 Å². The Kier molecular flexibility index (Phi) is 4.25. The Morgan fingerprint density at radius 1 is 1.15 bits per heavy atom. The van der Waals surface area contributed by atoms with Gasteiger partial charge in [0.05, 0.1) is 29.4 Å². The standard InChI is InChI=1S/C20H26N6O/c1-11(2)25-19-17(10-22-25)16(8-13(4)23-19)20(27)24-18-12(3)9-21-26(18)14(5)15-6-7-15/h8-11,14-15H,6-7H2,1-5H3,(H,24,27)/t14-/m0/s1. The number of nitrogens with zero attached hydrogens (tertiary/aromatic N) is 5. The second-order valence-corrected chi connectivity index (χ2v) is 7.88. The molecule has 1 fully saturated rings. The van der Waals surface area contributed by atoms with Gasteiger partial charge in [-0.25, -0.2) is 14.3 Å². The number of amides is 1. The van der Waals surface area contributed by atoms with Crippen LogP contribution in [0.5, 0.6) is 0 Å². The van der Waals surface area contributed by atoms with Gasteiger partial charge >= 0.3 is 0 Å². The highest BCUT2D eigenvalue weighted by molar-refractivity contribution is 6.11. The first-order valence-corrected chi connectivity index (χ1v) is 9.57. The Hall–Kier alpha value is -2.70. The first-order valence-electron chi connectivity index (χ1n) is 9.57. The van der Waals surface area contributed by atoms with E-state index in [9.17, 15) is 4.79 Å². The zero-order valence-electron chi connectivity index (χ0n) is 16.5. The summed E-state index contributed by atoms with van der Waals surface area (Å²) in [5, 5.41) is 12.8. The number of aryl methyl sites for hydroxylation is 2. The van der Waals surface area contributed by atoms with Crippen molar-refractivity contribution in [2.45, 2.75) is 59.5 Å². The van der Waals surface area contributed by atoms with Gasteiger partial charge in [0.25, 0.3) is 5.91 Å². The minimum absolute atomic E-state index is 0.151. The molecule has 142 valence electrons. The number of fused-ring (bicyclic) bond motifs is 1. The van der Waals surface area contributed by atoms with E-state index >= 15 is 0 Å². The molecule has 1 N–H and O–H groups in total. The van der Waals surface area contributed by atoms with E-state index in [1.165, 1.54) is 12.8 Å². The fourth-order valence-corrected chi connectivity index (χ4v) is 3.58. The molecular weight excluding hydrogens is 340 g/mol. The quantitative estimate of drug-likeness (QED) is 0.739. The van der Waals surface area contributed by atoms with E-state index in [1.807, 2.05) is 35.5 Å². The van der Waals surface area contributed by atoms with Gasteiger partial charge < -0.3 is 5.32 Å². The van der Waals surface area contributed by atoms with Crippen molar-refractivity contribution in [3.63, 3.8) is 0 Å². The van der Waals surface area contributed by atoms with Crippen molar-refractivity contribution in [2.24, 2.45) is 5.92 Å². The van der Waals surface area contributed by atoms with Crippen LogP contribution in [0, 0.1) is 19.8 Å². The first kappa shape index (κ1) is 17.7. The summed E-state index contributed by atoms with van der Waals surface area (Å²) in [6, 6.07) is 2.29. The number of rotatable bonds is 5. The molecule has 7 nitrogen and oxygen atoms in total. The van der Waals surface area contributed by atoms with Gasteiger partial charge in [0.15, 0.2) is 5.65 Å². The summed E-state index contributed by atoms with van der Waals surface area (Å²) in [7, 11) is 0. The lowest BCUT2D eigenvalue weighted by atomic mass is 10.1. The number of hydrogen-bond acceptors (Lipinski definition) is 4. The molecule has 0 unspecified atom stereocenters. The Balaban J connectivity index is 1.71. The summed E-state index contributed by atoms with van der Waals surface area (Å²) in [5.41, 5.74) is 3.10. The lowest BCUT2D eigenvalue weighted by molar-refractivity contribution is 0.102. The van der Waals surface area contributed by atoms with Crippen LogP contribution < -0.4 is 5.32 Å². The summed E-state index contributed by atoms with van der Waals surface area (Å²) >= 11 is 0. The molecule has 3 aromatic heterocycles. The van der Waals surface area contributed by atoms with Crippen LogP contribution >= 0.6 is 0 Å². The number of anilines is 1. The highest BCUT2D eigenvalue weighted by Gasteiger charge is 2.31. The van der Waals surface area contributed by atoms with E-state index in [2.05, 4.69) is 41.3 Å². The van der Waals surface area contributed by atoms with Crippen LogP contribution in [0.1, 0.15) is 67.3 Å². The molecule has 3 aromatic rings. The molecule has 7 heteroatoms. The average molecular weight is 366 g/mol. The predicted molar refractivity (Wildman–Crippen MR) is 105 cm³/mol. The summed E-state index contributed by atoms with van der Waals surface area (Å²) in [4.78, 5) is 17.7. The lowest BCUT2D eigenvalue weighted by Crippen LogP contribution is -2.19. The fraction of sp³-hybridized carbons (Fsp3) is 0.500. The minimum atomic E-state index is -0.151. The lowest BCUT2D eigenvalue weighted by Gasteiger charge is -2.16. The second kappa shape index (κ2) is 6.48. The molecular formula is C20H26N6O. The number of hydrogen-bond donors (Lipinski definition) is 1. The number of pyridine rings is 1. The Morgan fingerprint density at radius 2 is 1.85 bits per heavy atom. The molecule has 0 aliphatic heterocycles. The van der Waals surface area contributed by atoms with Crippen LogP contribution in [0.2, 0.25) is 0 Å². The fourth-order valence-electron chi connectivity index (χ4n) is 3.58. The monoisotopic (exact) mass is 366 g/mol. The van der Waals surface area contributed by atoms with E-state index in [0.717, 1.165) is 28.1 Å². The summed E-state index contributed by atoms with van der Waals surface area (Å²) in [6.07, 6.45) is 6.00. The molecule has 1 atom stereocenters. The molecule has 1 saturated carbocycles. The van der Waals surface area contributed by atoms with Gasteiger partial charge in [0.1, 0.15) is 5.82 Å². The van der Waals surface area contributed by atoms with Gasteiger partial charge in [-0.15, -0.1) is 0 Å².